The molecule has 7 heteroatoms. The molecular formula is C26H33N5OS. The first-order valence-electron chi connectivity index (χ1n) is 12.0. The molecule has 0 unspecified atom stereocenters. The van der Waals surface area contributed by atoms with E-state index in [-0.39, 0.29) is 5.91 Å². The van der Waals surface area contributed by atoms with Crippen molar-refractivity contribution < 1.29 is 4.79 Å². The summed E-state index contributed by atoms with van der Waals surface area (Å²) in [5.41, 5.74) is 4.46. The van der Waals surface area contributed by atoms with Crippen LogP contribution in [0.4, 0.5) is 11.4 Å². The molecule has 0 aliphatic carbocycles. The van der Waals surface area contributed by atoms with Crippen LogP contribution < -0.4 is 20.9 Å². The van der Waals surface area contributed by atoms with Gasteiger partial charge in [-0.15, -0.1) is 11.3 Å². The molecule has 174 valence electrons. The third-order valence-corrected chi connectivity index (χ3v) is 7.94. The Morgan fingerprint density at radius 2 is 1.88 bits per heavy atom. The van der Waals surface area contributed by atoms with Gasteiger partial charge in [0.25, 0.3) is 5.91 Å². The molecule has 4 heterocycles. The van der Waals surface area contributed by atoms with Crippen LogP contribution in [0.3, 0.4) is 0 Å². The van der Waals surface area contributed by atoms with Gasteiger partial charge in [0.15, 0.2) is 0 Å². The zero-order chi connectivity index (χ0) is 22.9. The lowest BCUT2D eigenvalue weighted by Crippen LogP contribution is -2.51. The molecule has 2 aliphatic rings. The van der Waals surface area contributed by atoms with Crippen LogP contribution in [0.25, 0.3) is 10.2 Å². The predicted octanol–water partition coefficient (Wildman–Crippen LogP) is 4.37. The topological polar surface area (TPSA) is 69.3 Å². The lowest BCUT2D eigenvalue weighted by Gasteiger charge is -2.34. The summed E-state index contributed by atoms with van der Waals surface area (Å²) >= 11 is 1.46. The number of carbonyl (C=O) groups excluding carboxylic acids is 1. The van der Waals surface area contributed by atoms with E-state index in [9.17, 15) is 4.79 Å². The van der Waals surface area contributed by atoms with Gasteiger partial charge >= 0.3 is 0 Å². The number of carbonyl (C=O) groups is 1. The van der Waals surface area contributed by atoms with Crippen LogP contribution in [0, 0.1) is 0 Å². The van der Waals surface area contributed by atoms with E-state index in [4.69, 9.17) is 4.98 Å². The third-order valence-electron chi connectivity index (χ3n) is 6.84. The summed E-state index contributed by atoms with van der Waals surface area (Å²) in [5.74, 6) is 0.321. The van der Waals surface area contributed by atoms with Crippen molar-refractivity contribution in [1.82, 2.24) is 15.6 Å². The highest BCUT2D eigenvalue weighted by molar-refractivity contribution is 7.21. The Hall–Kier alpha value is -2.64. The van der Waals surface area contributed by atoms with Crippen LogP contribution >= 0.6 is 11.3 Å². The molecule has 5 rings (SSSR count). The molecule has 0 radical (unpaired) electrons. The molecule has 2 bridgehead atoms. The lowest BCUT2D eigenvalue weighted by atomic mass is 10.1. The second-order valence-electron chi connectivity index (χ2n) is 9.51. The van der Waals surface area contributed by atoms with Gasteiger partial charge in [0.2, 0.25) is 0 Å². The van der Waals surface area contributed by atoms with E-state index in [0.717, 1.165) is 41.1 Å². The molecule has 2 saturated heterocycles. The molecule has 2 aliphatic heterocycles. The number of benzene rings is 1. The second-order valence-corrected chi connectivity index (χ2v) is 10.5. The molecule has 3 N–H and O–H groups in total. The lowest BCUT2D eigenvalue weighted by molar-refractivity contribution is 0.0959. The Balaban J connectivity index is 1.20. The number of anilines is 2. The van der Waals surface area contributed by atoms with E-state index in [1.54, 1.807) is 0 Å². The van der Waals surface area contributed by atoms with Crippen molar-refractivity contribution in [2.75, 3.05) is 36.9 Å². The summed E-state index contributed by atoms with van der Waals surface area (Å²) in [6.07, 6.45) is 3.40. The van der Waals surface area contributed by atoms with E-state index < -0.39 is 0 Å². The van der Waals surface area contributed by atoms with Crippen LogP contribution in [-0.4, -0.2) is 49.7 Å². The second kappa shape index (κ2) is 9.31. The number of thiophene rings is 1. The van der Waals surface area contributed by atoms with Crippen LogP contribution in [-0.2, 0) is 6.42 Å². The van der Waals surface area contributed by atoms with E-state index in [2.05, 4.69) is 71.1 Å². The van der Waals surface area contributed by atoms with Crippen molar-refractivity contribution in [3.63, 3.8) is 0 Å². The van der Waals surface area contributed by atoms with Gasteiger partial charge in [-0.1, -0.05) is 26.0 Å². The maximum Gasteiger partial charge on any atom is 0.263 e. The number of nitrogens with zero attached hydrogens (tertiary/aromatic N) is 2. The Bertz CT molecular complexity index is 1130. The van der Waals surface area contributed by atoms with E-state index >= 15 is 0 Å². The fourth-order valence-electron chi connectivity index (χ4n) is 5.00. The van der Waals surface area contributed by atoms with E-state index in [0.29, 0.717) is 29.4 Å². The zero-order valence-electron chi connectivity index (χ0n) is 19.6. The van der Waals surface area contributed by atoms with Gasteiger partial charge in [-0.3, -0.25) is 4.79 Å². The summed E-state index contributed by atoms with van der Waals surface area (Å²) < 4.78 is 0. The highest BCUT2D eigenvalue weighted by Gasteiger charge is 2.32. The number of nitrogens with one attached hydrogen (secondary N) is 3. The van der Waals surface area contributed by atoms with Gasteiger partial charge < -0.3 is 20.9 Å². The first-order chi connectivity index (χ1) is 16.0. The van der Waals surface area contributed by atoms with Gasteiger partial charge in [-0.25, -0.2) is 4.98 Å². The summed E-state index contributed by atoms with van der Waals surface area (Å²) in [5, 5.41) is 11.0. The van der Waals surface area contributed by atoms with E-state index in [1.165, 1.54) is 35.4 Å². The number of fused-ring (bicyclic) bond motifs is 3. The maximum atomic E-state index is 13.0. The molecule has 6 nitrogen and oxygen atoms in total. The minimum Gasteiger partial charge on any atom is -0.386 e. The van der Waals surface area contributed by atoms with Crippen molar-refractivity contribution >= 4 is 38.8 Å². The molecule has 2 aromatic heterocycles. The monoisotopic (exact) mass is 463 g/mol. The van der Waals surface area contributed by atoms with Gasteiger partial charge in [0.05, 0.1) is 5.69 Å². The van der Waals surface area contributed by atoms with Crippen LogP contribution in [0.5, 0.6) is 0 Å². The van der Waals surface area contributed by atoms with Gasteiger partial charge in [-0.05, 0) is 55.0 Å². The van der Waals surface area contributed by atoms with Crippen LogP contribution in [0.15, 0.2) is 36.4 Å². The molecule has 0 spiro atoms. The first kappa shape index (κ1) is 22.2. The minimum absolute atomic E-state index is 0.0404. The van der Waals surface area contributed by atoms with Crippen molar-refractivity contribution in [3.05, 3.63) is 52.5 Å². The molecule has 3 aromatic rings. The number of hydrogen-bond acceptors (Lipinski definition) is 6. The average molecular weight is 464 g/mol. The number of rotatable bonds is 7. The smallest absolute Gasteiger partial charge is 0.263 e. The van der Waals surface area contributed by atoms with Crippen LogP contribution in [0.2, 0.25) is 0 Å². The average Bonchev–Trinajstić information content (AvgIpc) is 3.37. The van der Waals surface area contributed by atoms with Gasteiger partial charge in [-0.2, -0.15) is 0 Å². The first-order valence-corrected chi connectivity index (χ1v) is 12.8. The van der Waals surface area contributed by atoms with Crippen LogP contribution in [0.1, 0.15) is 53.5 Å². The third kappa shape index (κ3) is 4.57. The normalized spacial score (nSPS) is 19.9. The Morgan fingerprint density at radius 1 is 1.15 bits per heavy atom. The quantitative estimate of drug-likeness (QED) is 0.485. The summed E-state index contributed by atoms with van der Waals surface area (Å²) in [4.78, 5) is 21.8. The molecule has 1 amide bonds. The number of pyridine rings is 1. The zero-order valence-corrected chi connectivity index (χ0v) is 20.5. The SMILES string of the molecule is CNc1c(C(=O)NCCc2ccc(N3C[C@H]4CC[C@@H](C3)N4)cc2)sc2nc(C(C)C)ccc12. The van der Waals surface area contributed by atoms with Gasteiger partial charge in [0, 0.05) is 55.5 Å². The molecule has 1 aromatic carbocycles. The highest BCUT2D eigenvalue weighted by atomic mass is 32.1. The molecule has 2 atom stereocenters. The Labute approximate surface area is 199 Å². The fraction of sp³-hybridized carbons (Fsp3) is 0.462. The molecular weight excluding hydrogens is 430 g/mol. The van der Waals surface area contributed by atoms with Crippen molar-refractivity contribution in [1.29, 1.82) is 0 Å². The van der Waals surface area contributed by atoms with E-state index in [1.807, 2.05) is 7.05 Å². The largest absolute Gasteiger partial charge is 0.386 e. The summed E-state index contributed by atoms with van der Waals surface area (Å²) in [6, 6.07) is 14.3. The van der Waals surface area contributed by atoms with Crippen molar-refractivity contribution in [2.45, 2.75) is 51.1 Å². The Morgan fingerprint density at radius 3 is 2.55 bits per heavy atom. The molecule has 33 heavy (non-hydrogen) atoms. The molecule has 2 fully saturated rings. The fourth-order valence-corrected chi connectivity index (χ4v) is 6.11. The molecule has 0 saturated carbocycles. The number of amides is 1. The maximum absolute atomic E-state index is 13.0. The number of aromatic nitrogens is 1. The van der Waals surface area contributed by atoms with Crippen molar-refractivity contribution in [2.24, 2.45) is 0 Å². The summed E-state index contributed by atoms with van der Waals surface area (Å²) in [7, 11) is 1.86. The number of hydrogen-bond donors (Lipinski definition) is 3. The van der Waals surface area contributed by atoms with Crippen molar-refractivity contribution in [3.8, 4) is 0 Å². The Kier molecular flexibility index (Phi) is 6.25. The summed E-state index contributed by atoms with van der Waals surface area (Å²) in [6.45, 7) is 7.08. The predicted molar refractivity (Wildman–Crippen MR) is 138 cm³/mol. The standard InChI is InChI=1S/C26H33N5OS/c1-16(2)22-11-10-21-23(27-3)24(33-26(21)30-22)25(32)28-13-12-17-4-8-20(9-5-17)31-14-18-6-7-19(15-31)29-18/h4-5,8-11,16,18-19,27,29H,6-7,12-15H2,1-3H3,(H,28,32)/t18-,19+. The van der Waals surface area contributed by atoms with Gasteiger partial charge in [0.1, 0.15) is 9.71 Å². The highest BCUT2D eigenvalue weighted by Crippen LogP contribution is 2.35. The minimum atomic E-state index is -0.0404. The number of piperazine rings is 1.